The van der Waals surface area contributed by atoms with Gasteiger partial charge in [-0.25, -0.2) is 0 Å². The molecule has 0 bridgehead atoms. The van der Waals surface area contributed by atoms with Crippen molar-refractivity contribution in [3.05, 3.63) is 23.7 Å². The molecule has 0 amide bonds. The van der Waals surface area contributed by atoms with Gasteiger partial charge in [-0.3, -0.25) is 0 Å². The largest absolute Gasteiger partial charge is 0.323 e. The Morgan fingerprint density at radius 2 is 0.294 bits per heavy atom. The predicted octanol–water partition coefficient (Wildman–Crippen LogP) is 6.48. The van der Waals surface area contributed by atoms with Gasteiger partial charge in [0.05, 0.1) is 0 Å². The molecule has 0 rings (SSSR count). The van der Waals surface area contributed by atoms with E-state index in [0.717, 1.165) is 0 Å². The zero-order chi connectivity index (χ0) is 14.3. The van der Waals surface area contributed by atoms with Crippen molar-refractivity contribution in [2.75, 3.05) is 0 Å². The van der Waals surface area contributed by atoms with E-state index in [4.69, 9.17) is 0 Å². The van der Waals surface area contributed by atoms with Crippen LogP contribution >= 0.6 is 0 Å². The summed E-state index contributed by atoms with van der Waals surface area (Å²) < 4.78 is 0. The van der Waals surface area contributed by atoms with Crippen molar-refractivity contribution >= 4 is 0 Å². The fourth-order valence-electron chi connectivity index (χ4n) is 0. The quantitative estimate of drug-likeness (QED) is 0.430. The van der Waals surface area contributed by atoms with Gasteiger partial charge in [0, 0.05) is 35.6 Å². The minimum Gasteiger partial charge on any atom is -0.323 e. The Hall–Kier alpha value is 1.19. The van der Waals surface area contributed by atoms with E-state index in [9.17, 15) is 0 Å². The van der Waals surface area contributed by atoms with E-state index < -0.39 is 0 Å². The van der Waals surface area contributed by atoms with Gasteiger partial charge in [0.2, 0.25) is 0 Å². The Balaban J connectivity index is -0.0000000369. The monoisotopic (exact) mass is 367 g/mol. The summed E-state index contributed by atoms with van der Waals surface area (Å²) in [6, 6.07) is 0. The van der Waals surface area contributed by atoms with Gasteiger partial charge in [-0.05, 0) is 0 Å². The minimum absolute atomic E-state index is 0. The van der Waals surface area contributed by atoms with Crippen LogP contribution < -0.4 is 0 Å². The molecule has 1 radical (unpaired) electrons. The minimum atomic E-state index is 0. The molecule has 107 valence electrons. The van der Waals surface area contributed by atoms with Crippen LogP contribution in [0.1, 0.15) is 83.1 Å². The van der Waals surface area contributed by atoms with Gasteiger partial charge in [-0.1, -0.05) is 0 Å². The molecule has 0 aromatic carbocycles. The molecule has 17 heavy (non-hydrogen) atoms. The van der Waals surface area contributed by atoms with Crippen LogP contribution in [0.3, 0.4) is 0 Å². The third-order valence-corrected chi connectivity index (χ3v) is 0. The Morgan fingerprint density at radius 1 is 0.294 bits per heavy atom. The van der Waals surface area contributed by atoms with Gasteiger partial charge in [-0.15, -0.1) is 0 Å². The summed E-state index contributed by atoms with van der Waals surface area (Å²) in [5, 5.41) is 0. The first-order chi connectivity index (χ1) is 6.93. The van der Waals surface area contributed by atoms with E-state index in [1.54, 1.807) is 0 Å². The molecule has 0 spiro atoms. The third kappa shape index (κ3) is 2780. The Kier molecular flexibility index (Phi) is 47.1. The zero-order valence-electron chi connectivity index (χ0n) is 14.6. The average molecular weight is 367 g/mol. The molecule has 0 atom stereocenters. The van der Waals surface area contributed by atoms with Crippen molar-refractivity contribution in [1.82, 2.24) is 0 Å². The van der Waals surface area contributed by atoms with Crippen LogP contribution in [0, 0.1) is 59.3 Å². The first kappa shape index (κ1) is 30.9. The molecule has 0 aliphatic carbocycles. The van der Waals surface area contributed by atoms with Gasteiger partial charge in [0.15, 0.2) is 0 Å². The maximum atomic E-state index is 2.08. The van der Waals surface area contributed by atoms with E-state index in [0.29, 0.717) is 0 Å². The predicted molar refractivity (Wildman–Crippen MR) is 81.1 cm³/mol. The van der Waals surface area contributed by atoms with Crippen molar-refractivity contribution in [3.63, 3.8) is 0 Å². The van der Waals surface area contributed by atoms with Crippen LogP contribution in [0.5, 0.6) is 0 Å². The first-order valence-corrected chi connectivity index (χ1v) is 6.00. The Morgan fingerprint density at radius 3 is 0.294 bits per heavy atom. The molecule has 0 unspecified atom stereocenters. The van der Waals surface area contributed by atoms with Gasteiger partial charge < -0.3 is 23.7 Å². The van der Waals surface area contributed by atoms with E-state index in [-0.39, 0.29) is 35.6 Å². The first-order valence-electron chi connectivity index (χ1n) is 6.00. The van der Waals surface area contributed by atoms with Crippen molar-refractivity contribution < 1.29 is 35.6 Å². The van der Waals surface area contributed by atoms with Crippen LogP contribution in [-0.4, -0.2) is 0 Å². The zero-order valence-corrected chi connectivity index (χ0v) is 18.2. The van der Waals surface area contributed by atoms with Crippen molar-refractivity contribution in [2.45, 2.75) is 83.1 Å². The van der Waals surface area contributed by atoms with E-state index in [1.165, 1.54) is 23.7 Å². The molecule has 0 aliphatic rings. The maximum Gasteiger partial charge on any atom is 0 e. The van der Waals surface area contributed by atoms with Crippen molar-refractivity contribution in [3.8, 4) is 0 Å². The average Bonchev–Trinajstić information content (AvgIpc) is 1.76. The van der Waals surface area contributed by atoms with Gasteiger partial charge >= 0.3 is 0 Å². The SMILES string of the molecule is C[C-](C)C.C[C-](C)C.C[C-](C)C.C[C-](C)C.[La]. The molecule has 0 aromatic heterocycles. The summed E-state index contributed by atoms with van der Waals surface area (Å²) in [7, 11) is 0. The van der Waals surface area contributed by atoms with E-state index in [1.807, 2.05) is 0 Å². The molecule has 0 aromatic rings. The van der Waals surface area contributed by atoms with Crippen molar-refractivity contribution in [1.29, 1.82) is 0 Å². The second-order valence-electron chi connectivity index (χ2n) is 6.00. The normalized spacial score (nSPS) is 8.47. The molecule has 0 fully saturated rings. The number of rotatable bonds is 0. The Labute approximate surface area is 141 Å². The van der Waals surface area contributed by atoms with Crippen LogP contribution in [0.4, 0.5) is 0 Å². The summed E-state index contributed by atoms with van der Waals surface area (Å²) in [6.45, 7) is 25.0. The summed E-state index contributed by atoms with van der Waals surface area (Å²) in [5.74, 6) is 5.67. The molecule has 0 aliphatic heterocycles. The van der Waals surface area contributed by atoms with Gasteiger partial charge in [-0.2, -0.15) is 83.1 Å². The fourth-order valence-corrected chi connectivity index (χ4v) is 0. The summed E-state index contributed by atoms with van der Waals surface area (Å²) in [5.41, 5.74) is 0. The fraction of sp³-hybridized carbons (Fsp3) is 0.750. The summed E-state index contributed by atoms with van der Waals surface area (Å²) in [4.78, 5) is 0. The van der Waals surface area contributed by atoms with E-state index >= 15 is 0 Å². The van der Waals surface area contributed by atoms with Crippen molar-refractivity contribution in [2.24, 2.45) is 0 Å². The molecule has 0 saturated carbocycles. The van der Waals surface area contributed by atoms with E-state index in [2.05, 4.69) is 83.1 Å². The standard InChI is InChI=1S/4C4H9.La/c4*1-4(2)3;/h4*1-3H3;/q4*-1;. The second kappa shape index (κ2) is 25.9. The summed E-state index contributed by atoms with van der Waals surface area (Å²) >= 11 is 0. The topological polar surface area (TPSA) is 0 Å². The van der Waals surface area contributed by atoms with Crippen LogP contribution in [-0.2, 0) is 0 Å². The molecule has 0 N–H and O–H groups in total. The Bertz CT molecular complexity index is 48.5. The smallest absolute Gasteiger partial charge is 0 e. The van der Waals surface area contributed by atoms with Crippen LogP contribution in [0.15, 0.2) is 0 Å². The molecule has 0 nitrogen and oxygen atoms in total. The van der Waals surface area contributed by atoms with Crippen LogP contribution in [0.2, 0.25) is 0 Å². The van der Waals surface area contributed by atoms with Gasteiger partial charge in [0.1, 0.15) is 0 Å². The molecule has 0 heterocycles. The molecular formula is C16H36La-4. The maximum absolute atomic E-state index is 2.08. The molecular weight excluding hydrogens is 331 g/mol. The second-order valence-corrected chi connectivity index (χ2v) is 6.00. The number of hydrogen-bond donors (Lipinski definition) is 0. The van der Waals surface area contributed by atoms with Crippen LogP contribution in [0.25, 0.3) is 0 Å². The molecule has 0 saturated heterocycles. The summed E-state index contributed by atoms with van der Waals surface area (Å²) in [6.07, 6.45) is 0. The molecule has 1 heteroatoms. The number of hydrogen-bond acceptors (Lipinski definition) is 0. The van der Waals surface area contributed by atoms with Gasteiger partial charge in [0.25, 0.3) is 0 Å². The third-order valence-electron chi connectivity index (χ3n) is 0.